The Morgan fingerprint density at radius 1 is 1.07 bits per heavy atom. The van der Waals surface area contributed by atoms with Crippen LogP contribution in [0.1, 0.15) is 42.0 Å². The molecule has 4 rings (SSSR count). The van der Waals surface area contributed by atoms with Crippen LogP contribution in [0, 0.1) is 0 Å². The molecular weight excluding hydrogens is 388 g/mol. The maximum absolute atomic E-state index is 13.0. The minimum Gasteiger partial charge on any atom is -0.445 e. The van der Waals surface area contributed by atoms with Crippen molar-refractivity contribution in [2.45, 2.75) is 43.6 Å². The van der Waals surface area contributed by atoms with E-state index in [4.69, 9.17) is 4.74 Å². The Morgan fingerprint density at radius 2 is 1.83 bits per heavy atom. The number of ether oxygens (including phenoxy) is 1. The Morgan fingerprint density at radius 3 is 2.66 bits per heavy atom. The van der Waals surface area contributed by atoms with Gasteiger partial charge >= 0.3 is 6.09 Å². The summed E-state index contributed by atoms with van der Waals surface area (Å²) < 4.78 is 34.3. The van der Waals surface area contributed by atoms with E-state index in [0.717, 1.165) is 24.0 Å². The summed E-state index contributed by atoms with van der Waals surface area (Å²) in [6, 6.07) is 17.2. The molecule has 2 atom stereocenters. The fraction of sp³-hybridized carbons (Fsp3) is 0.409. The van der Waals surface area contributed by atoms with Crippen LogP contribution in [-0.4, -0.2) is 37.8 Å². The molecule has 2 aromatic carbocycles. The second kappa shape index (κ2) is 8.55. The molecule has 6 nitrogen and oxygen atoms in total. The van der Waals surface area contributed by atoms with Gasteiger partial charge in [0.2, 0.25) is 10.0 Å². The first kappa shape index (κ1) is 19.9. The summed E-state index contributed by atoms with van der Waals surface area (Å²) in [6.45, 7) is 0.869. The number of nitrogens with one attached hydrogen (secondary N) is 1. The zero-order valence-corrected chi connectivity index (χ0v) is 17.1. The Kier molecular flexibility index (Phi) is 5.87. The van der Waals surface area contributed by atoms with Crippen LogP contribution in [0.4, 0.5) is 4.79 Å². The van der Waals surface area contributed by atoms with Gasteiger partial charge in [-0.2, -0.15) is 0 Å². The molecule has 154 valence electrons. The molecule has 0 bridgehead atoms. The van der Waals surface area contributed by atoms with E-state index >= 15 is 0 Å². The topological polar surface area (TPSA) is 75.7 Å². The average molecular weight is 415 g/mol. The lowest BCUT2D eigenvalue weighted by Gasteiger charge is -2.32. The zero-order chi connectivity index (χ0) is 20.3. The third-order valence-corrected chi connectivity index (χ3v) is 7.60. The Bertz CT molecular complexity index is 962. The third-order valence-electron chi connectivity index (χ3n) is 5.72. The van der Waals surface area contributed by atoms with Gasteiger partial charge < -0.3 is 9.64 Å². The number of benzene rings is 2. The molecule has 1 amide bonds. The molecule has 1 aliphatic carbocycles. The second-order valence-electron chi connectivity index (χ2n) is 7.70. The molecule has 2 aromatic rings. The van der Waals surface area contributed by atoms with Crippen molar-refractivity contribution in [1.29, 1.82) is 0 Å². The molecule has 0 radical (unpaired) electrons. The van der Waals surface area contributed by atoms with Gasteiger partial charge in [0.05, 0.1) is 5.25 Å². The number of hydrogen-bond acceptors (Lipinski definition) is 4. The van der Waals surface area contributed by atoms with Gasteiger partial charge in [-0.1, -0.05) is 54.6 Å². The Labute approximate surface area is 171 Å². The smallest absolute Gasteiger partial charge is 0.410 e. The highest BCUT2D eigenvalue weighted by molar-refractivity contribution is 7.90. The lowest BCUT2D eigenvalue weighted by Crippen LogP contribution is -2.48. The SMILES string of the molecule is O=C(OCc1ccccc1)N1CCCC(S(=O)(=O)NC2CCc3ccccc32)C1. The van der Waals surface area contributed by atoms with E-state index in [-0.39, 0.29) is 19.2 Å². The highest BCUT2D eigenvalue weighted by Crippen LogP contribution is 2.32. The summed E-state index contributed by atoms with van der Waals surface area (Å²) in [5.41, 5.74) is 3.17. The molecule has 1 fully saturated rings. The summed E-state index contributed by atoms with van der Waals surface area (Å²) in [4.78, 5) is 14.0. The zero-order valence-electron chi connectivity index (χ0n) is 16.3. The number of aryl methyl sites for hydroxylation is 1. The number of carbonyl (C=O) groups excluding carboxylic acids is 1. The van der Waals surface area contributed by atoms with E-state index < -0.39 is 21.4 Å². The quantitative estimate of drug-likeness (QED) is 0.814. The number of likely N-dealkylation sites (tertiary alicyclic amines) is 1. The van der Waals surface area contributed by atoms with Gasteiger partial charge in [-0.15, -0.1) is 0 Å². The molecule has 2 aliphatic rings. The number of piperidine rings is 1. The molecule has 1 N–H and O–H groups in total. The summed E-state index contributed by atoms with van der Waals surface area (Å²) in [6.07, 6.45) is 2.39. The van der Waals surface area contributed by atoms with Crippen LogP contribution in [-0.2, 0) is 27.8 Å². The van der Waals surface area contributed by atoms with Crippen LogP contribution in [0.3, 0.4) is 0 Å². The molecule has 2 unspecified atom stereocenters. The van der Waals surface area contributed by atoms with E-state index in [2.05, 4.69) is 10.8 Å². The number of nitrogens with zero attached hydrogens (tertiary/aromatic N) is 1. The van der Waals surface area contributed by atoms with Gasteiger partial charge in [-0.25, -0.2) is 17.9 Å². The average Bonchev–Trinajstić information content (AvgIpc) is 3.15. The van der Waals surface area contributed by atoms with E-state index in [1.807, 2.05) is 48.5 Å². The number of fused-ring (bicyclic) bond motifs is 1. The predicted octanol–water partition coefficient (Wildman–Crippen LogP) is 3.39. The van der Waals surface area contributed by atoms with Gasteiger partial charge in [0.25, 0.3) is 0 Å². The standard InChI is InChI=1S/C22H26N2O4S/c25-22(28-16-17-7-2-1-3-8-17)24-14-6-10-19(15-24)29(26,27)23-21-13-12-18-9-4-5-11-20(18)21/h1-5,7-9,11,19,21,23H,6,10,12-16H2. The van der Waals surface area contributed by atoms with Crippen molar-refractivity contribution in [2.24, 2.45) is 0 Å². The summed E-state index contributed by atoms with van der Waals surface area (Å²) in [5.74, 6) is 0. The van der Waals surface area contributed by atoms with E-state index in [0.29, 0.717) is 19.4 Å². The first-order valence-corrected chi connectivity index (χ1v) is 11.6. The predicted molar refractivity (Wildman–Crippen MR) is 111 cm³/mol. The van der Waals surface area contributed by atoms with E-state index in [1.54, 1.807) is 0 Å². The molecule has 29 heavy (non-hydrogen) atoms. The first-order valence-electron chi connectivity index (χ1n) is 10.1. The number of sulfonamides is 1. The Hall–Kier alpha value is -2.38. The first-order chi connectivity index (χ1) is 14.0. The van der Waals surface area contributed by atoms with Crippen molar-refractivity contribution < 1.29 is 17.9 Å². The fourth-order valence-electron chi connectivity index (χ4n) is 4.14. The summed E-state index contributed by atoms with van der Waals surface area (Å²) in [5, 5.41) is -0.617. The monoisotopic (exact) mass is 414 g/mol. The number of amides is 1. The largest absolute Gasteiger partial charge is 0.445 e. The van der Waals surface area contributed by atoms with Gasteiger partial charge in [-0.05, 0) is 42.4 Å². The van der Waals surface area contributed by atoms with Crippen molar-refractivity contribution >= 4 is 16.1 Å². The van der Waals surface area contributed by atoms with Gasteiger partial charge in [-0.3, -0.25) is 0 Å². The van der Waals surface area contributed by atoms with Crippen molar-refractivity contribution in [3.8, 4) is 0 Å². The summed E-state index contributed by atoms with van der Waals surface area (Å²) >= 11 is 0. The van der Waals surface area contributed by atoms with Crippen LogP contribution in [0.25, 0.3) is 0 Å². The number of carbonyl (C=O) groups is 1. The Balaban J connectivity index is 1.36. The maximum atomic E-state index is 13.0. The molecule has 1 aliphatic heterocycles. The minimum absolute atomic E-state index is 0.164. The third kappa shape index (κ3) is 4.62. The molecule has 1 heterocycles. The van der Waals surface area contributed by atoms with Crippen molar-refractivity contribution in [2.75, 3.05) is 13.1 Å². The van der Waals surface area contributed by atoms with Gasteiger partial charge in [0.15, 0.2) is 0 Å². The summed E-state index contributed by atoms with van der Waals surface area (Å²) in [7, 11) is -3.54. The van der Waals surface area contributed by atoms with Crippen molar-refractivity contribution in [3.63, 3.8) is 0 Å². The van der Waals surface area contributed by atoms with Crippen LogP contribution >= 0.6 is 0 Å². The van der Waals surface area contributed by atoms with Gasteiger partial charge in [0.1, 0.15) is 6.61 Å². The molecule has 0 saturated carbocycles. The number of hydrogen-bond donors (Lipinski definition) is 1. The molecule has 7 heteroatoms. The molecule has 0 aromatic heterocycles. The maximum Gasteiger partial charge on any atom is 0.410 e. The van der Waals surface area contributed by atoms with E-state index in [1.165, 1.54) is 10.5 Å². The van der Waals surface area contributed by atoms with Crippen LogP contribution in [0.5, 0.6) is 0 Å². The lowest BCUT2D eigenvalue weighted by molar-refractivity contribution is 0.0899. The minimum atomic E-state index is -3.54. The number of rotatable bonds is 5. The molecular formula is C22H26N2O4S. The molecule has 0 spiro atoms. The van der Waals surface area contributed by atoms with Crippen molar-refractivity contribution in [3.05, 3.63) is 71.3 Å². The van der Waals surface area contributed by atoms with Gasteiger partial charge in [0, 0.05) is 19.1 Å². The second-order valence-corrected chi connectivity index (χ2v) is 9.70. The molecule has 1 saturated heterocycles. The van der Waals surface area contributed by atoms with E-state index in [9.17, 15) is 13.2 Å². The van der Waals surface area contributed by atoms with Crippen LogP contribution in [0.2, 0.25) is 0 Å². The highest BCUT2D eigenvalue weighted by atomic mass is 32.2. The highest BCUT2D eigenvalue weighted by Gasteiger charge is 2.36. The normalized spacial score (nSPS) is 21.6. The lowest BCUT2D eigenvalue weighted by atomic mass is 10.1. The van der Waals surface area contributed by atoms with Crippen LogP contribution < -0.4 is 4.72 Å². The van der Waals surface area contributed by atoms with Crippen LogP contribution in [0.15, 0.2) is 54.6 Å². The van der Waals surface area contributed by atoms with Crippen molar-refractivity contribution in [1.82, 2.24) is 9.62 Å². The fourth-order valence-corrected chi connectivity index (χ4v) is 5.83.